The van der Waals surface area contributed by atoms with Crippen LogP contribution < -0.4 is 5.73 Å². The fraction of sp³-hybridized carbons (Fsp3) is 0.909. The van der Waals surface area contributed by atoms with Gasteiger partial charge in [0.2, 0.25) is 0 Å². The van der Waals surface area contributed by atoms with Gasteiger partial charge in [-0.05, 0) is 13.3 Å². The van der Waals surface area contributed by atoms with Crippen LogP contribution in [-0.2, 0) is 14.3 Å². The molecule has 3 unspecified atom stereocenters. The molecule has 1 rings (SSSR count). The van der Waals surface area contributed by atoms with E-state index in [1.54, 1.807) is 14.2 Å². The summed E-state index contributed by atoms with van der Waals surface area (Å²) in [6.45, 7) is 3.68. The van der Waals surface area contributed by atoms with Crippen LogP contribution in [0.1, 0.15) is 13.3 Å². The summed E-state index contributed by atoms with van der Waals surface area (Å²) in [4.78, 5) is 13.0. The average molecular weight is 246 g/mol. The van der Waals surface area contributed by atoms with Crippen molar-refractivity contribution in [1.82, 2.24) is 4.90 Å². The van der Waals surface area contributed by atoms with Crippen LogP contribution in [0.4, 0.5) is 0 Å². The highest BCUT2D eigenvalue weighted by atomic mass is 16.5. The Morgan fingerprint density at radius 2 is 1.88 bits per heavy atom. The first-order chi connectivity index (χ1) is 7.90. The van der Waals surface area contributed by atoms with E-state index < -0.39 is 11.5 Å². The number of nitrogens with zero attached hydrogens (tertiary/aromatic N) is 1. The first kappa shape index (κ1) is 14.4. The van der Waals surface area contributed by atoms with Crippen molar-refractivity contribution in [2.75, 3.05) is 33.9 Å². The minimum Gasteiger partial charge on any atom is -0.480 e. The molecule has 0 amide bonds. The van der Waals surface area contributed by atoms with Gasteiger partial charge < -0.3 is 20.3 Å². The second-order valence-electron chi connectivity index (χ2n) is 4.78. The molecule has 1 saturated heterocycles. The van der Waals surface area contributed by atoms with Crippen molar-refractivity contribution < 1.29 is 19.4 Å². The molecule has 3 N–H and O–H groups in total. The molecular formula is C11H22N2O4. The first-order valence-corrected chi connectivity index (χ1v) is 5.71. The lowest BCUT2D eigenvalue weighted by molar-refractivity contribution is -0.143. The molecule has 6 nitrogen and oxygen atoms in total. The maximum atomic E-state index is 10.9. The Hall–Kier alpha value is -0.690. The van der Waals surface area contributed by atoms with Gasteiger partial charge in [-0.2, -0.15) is 0 Å². The number of carboxylic acids is 1. The van der Waals surface area contributed by atoms with E-state index >= 15 is 0 Å². The molecule has 0 saturated carbocycles. The minimum atomic E-state index is -1.17. The summed E-state index contributed by atoms with van der Waals surface area (Å²) >= 11 is 0. The molecule has 0 aromatic carbocycles. The van der Waals surface area contributed by atoms with Crippen molar-refractivity contribution >= 4 is 5.97 Å². The third-order valence-corrected chi connectivity index (χ3v) is 3.33. The van der Waals surface area contributed by atoms with E-state index in [4.69, 9.17) is 20.3 Å². The minimum absolute atomic E-state index is 0.0499. The fourth-order valence-corrected chi connectivity index (χ4v) is 1.95. The highest BCUT2D eigenvalue weighted by molar-refractivity contribution is 5.77. The first-order valence-electron chi connectivity index (χ1n) is 5.71. The number of aliphatic carboxylic acids is 1. The van der Waals surface area contributed by atoms with E-state index in [2.05, 4.69) is 4.90 Å². The third-order valence-electron chi connectivity index (χ3n) is 3.33. The van der Waals surface area contributed by atoms with Gasteiger partial charge in [0.15, 0.2) is 0 Å². The van der Waals surface area contributed by atoms with Crippen molar-refractivity contribution in [3.63, 3.8) is 0 Å². The zero-order chi connectivity index (χ0) is 13.1. The standard InChI is InChI=1S/C11H22N2O4/c1-11(12,10(14)15)4-5-13-6-8(16-2)9(7-13)17-3/h8-9H,4-7,12H2,1-3H3,(H,14,15). The molecule has 0 bridgehead atoms. The third kappa shape index (κ3) is 3.64. The number of methoxy groups -OCH3 is 2. The number of carbonyl (C=O) groups is 1. The summed E-state index contributed by atoms with van der Waals surface area (Å²) in [5.74, 6) is -0.969. The smallest absolute Gasteiger partial charge is 0.323 e. The molecule has 17 heavy (non-hydrogen) atoms. The quantitative estimate of drug-likeness (QED) is 0.658. The number of likely N-dealkylation sites (tertiary alicyclic amines) is 1. The lowest BCUT2D eigenvalue weighted by Gasteiger charge is -2.23. The molecule has 1 aliphatic rings. The van der Waals surface area contributed by atoms with Crippen LogP contribution in [0.25, 0.3) is 0 Å². The number of carboxylic acid groups (broad SMARTS) is 1. The molecule has 1 aliphatic heterocycles. The predicted molar refractivity (Wildman–Crippen MR) is 62.9 cm³/mol. The van der Waals surface area contributed by atoms with Gasteiger partial charge >= 0.3 is 5.97 Å². The molecule has 0 aliphatic carbocycles. The lowest BCUT2D eigenvalue weighted by Crippen LogP contribution is -2.47. The van der Waals surface area contributed by atoms with E-state index in [0.29, 0.717) is 13.0 Å². The summed E-state index contributed by atoms with van der Waals surface area (Å²) in [5.41, 5.74) is 4.51. The number of rotatable bonds is 6. The van der Waals surface area contributed by atoms with E-state index in [1.165, 1.54) is 6.92 Å². The van der Waals surface area contributed by atoms with Gasteiger partial charge in [-0.1, -0.05) is 0 Å². The Morgan fingerprint density at radius 1 is 1.41 bits per heavy atom. The summed E-state index contributed by atoms with van der Waals surface area (Å²) in [6.07, 6.45) is 0.512. The van der Waals surface area contributed by atoms with Gasteiger partial charge in [-0.15, -0.1) is 0 Å². The summed E-state index contributed by atoms with van der Waals surface area (Å²) < 4.78 is 10.6. The largest absolute Gasteiger partial charge is 0.480 e. The molecule has 1 fully saturated rings. The van der Waals surface area contributed by atoms with E-state index in [1.807, 2.05) is 0 Å². The van der Waals surface area contributed by atoms with Crippen LogP contribution in [0.5, 0.6) is 0 Å². The van der Waals surface area contributed by atoms with Crippen molar-refractivity contribution in [3.05, 3.63) is 0 Å². The summed E-state index contributed by atoms with van der Waals surface area (Å²) in [5, 5.41) is 8.92. The Kier molecular flexibility index (Phi) is 4.88. The highest BCUT2D eigenvalue weighted by Gasteiger charge is 2.35. The van der Waals surface area contributed by atoms with Crippen LogP contribution >= 0.6 is 0 Å². The Bertz CT molecular complexity index is 258. The lowest BCUT2D eigenvalue weighted by atomic mass is 9.99. The predicted octanol–water partition coefficient (Wildman–Crippen LogP) is -0.476. The van der Waals surface area contributed by atoms with Crippen molar-refractivity contribution in [3.8, 4) is 0 Å². The van der Waals surface area contributed by atoms with Crippen molar-refractivity contribution in [2.45, 2.75) is 31.1 Å². The normalized spacial score (nSPS) is 29.2. The SMILES string of the molecule is COC1CN(CCC(C)(N)C(=O)O)CC1OC. The van der Waals surface area contributed by atoms with Gasteiger partial charge in [0.1, 0.15) is 5.54 Å². The molecule has 0 aromatic heterocycles. The monoisotopic (exact) mass is 246 g/mol. The van der Waals surface area contributed by atoms with E-state index in [9.17, 15) is 4.79 Å². The van der Waals surface area contributed by atoms with E-state index in [-0.39, 0.29) is 12.2 Å². The molecule has 6 heteroatoms. The second kappa shape index (κ2) is 5.77. The van der Waals surface area contributed by atoms with Gasteiger partial charge in [-0.3, -0.25) is 9.69 Å². The van der Waals surface area contributed by atoms with Gasteiger partial charge in [-0.25, -0.2) is 0 Å². The van der Waals surface area contributed by atoms with Crippen LogP contribution in [0.3, 0.4) is 0 Å². The summed E-state index contributed by atoms with van der Waals surface area (Å²) in [7, 11) is 3.31. The number of nitrogens with two attached hydrogens (primary N) is 1. The van der Waals surface area contributed by atoms with Gasteiger partial charge in [0.05, 0.1) is 12.2 Å². The topological polar surface area (TPSA) is 85.0 Å². The van der Waals surface area contributed by atoms with Crippen molar-refractivity contribution in [2.24, 2.45) is 5.73 Å². The maximum absolute atomic E-state index is 10.9. The Morgan fingerprint density at radius 3 is 2.24 bits per heavy atom. The average Bonchev–Trinajstić information content (AvgIpc) is 2.68. The zero-order valence-electron chi connectivity index (χ0n) is 10.7. The Balaban J connectivity index is 2.42. The molecule has 0 radical (unpaired) electrons. The van der Waals surface area contributed by atoms with Crippen LogP contribution in [0, 0.1) is 0 Å². The van der Waals surface area contributed by atoms with Crippen LogP contribution in [-0.4, -0.2) is 67.6 Å². The van der Waals surface area contributed by atoms with Crippen LogP contribution in [0.15, 0.2) is 0 Å². The van der Waals surface area contributed by atoms with Crippen molar-refractivity contribution in [1.29, 1.82) is 0 Å². The second-order valence-corrected chi connectivity index (χ2v) is 4.78. The molecule has 0 aromatic rings. The maximum Gasteiger partial charge on any atom is 0.323 e. The number of hydrogen-bond donors (Lipinski definition) is 2. The molecule has 3 atom stereocenters. The molecule has 0 spiro atoms. The Labute approximate surface area is 102 Å². The number of hydrogen-bond acceptors (Lipinski definition) is 5. The van der Waals surface area contributed by atoms with Gasteiger partial charge in [0, 0.05) is 33.9 Å². The zero-order valence-corrected chi connectivity index (χ0v) is 10.7. The van der Waals surface area contributed by atoms with E-state index in [0.717, 1.165) is 13.1 Å². The summed E-state index contributed by atoms with van der Waals surface area (Å²) in [6, 6.07) is 0. The molecular weight excluding hydrogens is 224 g/mol. The number of ether oxygens (including phenoxy) is 2. The molecule has 100 valence electrons. The molecule has 1 heterocycles. The highest BCUT2D eigenvalue weighted by Crippen LogP contribution is 2.17. The van der Waals surface area contributed by atoms with Gasteiger partial charge in [0.25, 0.3) is 0 Å². The van der Waals surface area contributed by atoms with Crippen LogP contribution in [0.2, 0.25) is 0 Å². The fourth-order valence-electron chi connectivity index (χ4n) is 1.95.